The summed E-state index contributed by atoms with van der Waals surface area (Å²) in [7, 11) is -0.655. The van der Waals surface area contributed by atoms with E-state index in [0.717, 1.165) is 32.1 Å². The van der Waals surface area contributed by atoms with Crippen LogP contribution in [0.5, 0.6) is 28.7 Å². The number of nitrogens with zero attached hydrogens (tertiary/aromatic N) is 1. The Labute approximate surface area is 158 Å². The Kier molecular flexibility index (Phi) is 6.35. The molecule has 1 heterocycles. The molecule has 0 saturated carbocycles. The lowest BCUT2D eigenvalue weighted by atomic mass is 9.96. The largest absolute Gasteiger partial charge is 0.573 e. The molecule has 158 valence electrons. The number of alkyl halides is 6. The zero-order valence-corrected chi connectivity index (χ0v) is 14.6. The molecule has 1 aromatic carbocycles. The van der Waals surface area contributed by atoms with E-state index in [0.29, 0.717) is 6.20 Å². The van der Waals surface area contributed by atoms with Gasteiger partial charge in [0.25, 0.3) is 0 Å². The molecule has 0 atom stereocenters. The van der Waals surface area contributed by atoms with Crippen molar-refractivity contribution in [2.75, 3.05) is 7.11 Å². The molecule has 1 N–H and O–H groups in total. The van der Waals surface area contributed by atoms with Crippen molar-refractivity contribution < 1.29 is 54.6 Å². The van der Waals surface area contributed by atoms with Gasteiger partial charge in [-0.3, -0.25) is 0 Å². The molecule has 0 fully saturated rings. The molecule has 14 heteroatoms. The molecule has 6 nitrogen and oxygen atoms in total. The van der Waals surface area contributed by atoms with Crippen LogP contribution in [0.2, 0.25) is 6.82 Å². The van der Waals surface area contributed by atoms with Gasteiger partial charge in [-0.15, -0.1) is 13.2 Å². The van der Waals surface area contributed by atoms with Gasteiger partial charge in [-0.2, -0.15) is 13.2 Å². The lowest BCUT2D eigenvalue weighted by Crippen LogP contribution is -2.20. The molecular weight excluding hydrogens is 418 g/mol. The third kappa shape index (κ3) is 5.79. The maximum atomic E-state index is 14.2. The van der Waals surface area contributed by atoms with Crippen molar-refractivity contribution in [3.8, 4) is 28.7 Å². The summed E-state index contributed by atoms with van der Waals surface area (Å²) in [5.41, 5.74) is -1.92. The third-order valence-corrected chi connectivity index (χ3v) is 3.09. The van der Waals surface area contributed by atoms with E-state index in [1.54, 1.807) is 0 Å². The maximum absolute atomic E-state index is 14.2. The van der Waals surface area contributed by atoms with Crippen molar-refractivity contribution in [1.29, 1.82) is 0 Å². The summed E-state index contributed by atoms with van der Waals surface area (Å²) in [6, 6.07) is 2.54. The molecule has 0 saturated heterocycles. The van der Waals surface area contributed by atoms with Crippen molar-refractivity contribution in [2.24, 2.45) is 0 Å². The normalized spacial score (nSPS) is 11.8. The van der Waals surface area contributed by atoms with Crippen LogP contribution < -0.4 is 18.9 Å². The van der Waals surface area contributed by atoms with Gasteiger partial charge in [0.15, 0.2) is 34.5 Å². The molecule has 2 rings (SSSR count). The maximum Gasteiger partial charge on any atom is 0.573 e. The first-order valence-corrected chi connectivity index (χ1v) is 7.54. The van der Waals surface area contributed by atoms with Gasteiger partial charge in [-0.1, -0.05) is 0 Å². The Morgan fingerprint density at radius 3 is 2.21 bits per heavy atom. The molecular formula is C15H11BF7NO5. The fraction of sp³-hybridized carbons (Fsp3) is 0.267. The highest BCUT2D eigenvalue weighted by Crippen LogP contribution is 2.42. The smallest absolute Gasteiger partial charge is 0.532 e. The minimum Gasteiger partial charge on any atom is -0.532 e. The highest BCUT2D eigenvalue weighted by Gasteiger charge is 2.39. The predicted octanol–water partition coefficient (Wildman–Crippen LogP) is 4.43. The van der Waals surface area contributed by atoms with Crippen LogP contribution in [-0.2, 0) is 6.18 Å². The zero-order chi connectivity index (χ0) is 22.0. The molecule has 0 bridgehead atoms. The van der Waals surface area contributed by atoms with Crippen LogP contribution in [0, 0.1) is 5.82 Å². The zero-order valence-electron chi connectivity index (χ0n) is 14.6. The number of methoxy groups -OCH3 is 1. The molecule has 1 aromatic heterocycles. The second-order valence-electron chi connectivity index (χ2n) is 5.29. The Morgan fingerprint density at radius 1 is 1.03 bits per heavy atom. The Hall–Kier alpha value is -2.90. The van der Waals surface area contributed by atoms with Gasteiger partial charge in [-0.25, -0.2) is 9.37 Å². The minimum atomic E-state index is -5.16. The van der Waals surface area contributed by atoms with E-state index in [2.05, 4.69) is 14.4 Å². The van der Waals surface area contributed by atoms with Crippen molar-refractivity contribution in [3.63, 3.8) is 0 Å². The number of pyridine rings is 1. The van der Waals surface area contributed by atoms with E-state index >= 15 is 0 Å². The summed E-state index contributed by atoms with van der Waals surface area (Å²) in [5, 5.41) is 9.27. The van der Waals surface area contributed by atoms with E-state index in [4.69, 9.17) is 9.47 Å². The quantitative estimate of drug-likeness (QED) is 0.542. The molecule has 29 heavy (non-hydrogen) atoms. The van der Waals surface area contributed by atoms with Crippen LogP contribution in [0.1, 0.15) is 5.69 Å². The van der Waals surface area contributed by atoms with E-state index in [9.17, 15) is 35.8 Å². The SMILES string of the molecule is COc1cc(OC(F)(F)F)ccc1Oc1cnc(C(F)(F)F)c(F)c1OB(C)O. The molecule has 0 aliphatic heterocycles. The number of hydrogen-bond donors (Lipinski definition) is 1. The minimum absolute atomic E-state index is 0.321. The Morgan fingerprint density at radius 2 is 1.69 bits per heavy atom. The van der Waals surface area contributed by atoms with Crippen LogP contribution in [0.4, 0.5) is 30.7 Å². The van der Waals surface area contributed by atoms with E-state index < -0.39 is 48.4 Å². The van der Waals surface area contributed by atoms with Crippen molar-refractivity contribution >= 4 is 7.12 Å². The summed E-state index contributed by atoms with van der Waals surface area (Å²) in [4.78, 5) is 2.93. The highest BCUT2D eigenvalue weighted by atomic mass is 19.4. The van der Waals surface area contributed by atoms with Gasteiger partial charge >= 0.3 is 19.7 Å². The lowest BCUT2D eigenvalue weighted by Gasteiger charge is -2.18. The number of hydrogen-bond acceptors (Lipinski definition) is 6. The summed E-state index contributed by atoms with van der Waals surface area (Å²) in [5.74, 6) is -5.07. The van der Waals surface area contributed by atoms with Gasteiger partial charge < -0.3 is 23.9 Å². The standard InChI is InChI=1S/C15H11BF7NO5/c1-16(25)29-12-10(6-24-13(11(12)17)14(18,19)20)27-8-4-3-7(5-9(8)26-2)28-15(21,22)23/h3-6,25H,1-2H3. The molecule has 0 aliphatic carbocycles. The number of ether oxygens (including phenoxy) is 3. The number of benzene rings is 1. The Balaban J connectivity index is 2.46. The van der Waals surface area contributed by atoms with Gasteiger partial charge in [0, 0.05) is 6.07 Å². The predicted molar refractivity (Wildman–Crippen MR) is 83.4 cm³/mol. The van der Waals surface area contributed by atoms with E-state index in [1.807, 2.05) is 0 Å². The summed E-state index contributed by atoms with van der Waals surface area (Å²) in [6.45, 7) is 1.00. The molecule has 0 amide bonds. The number of aromatic nitrogens is 1. The third-order valence-electron chi connectivity index (χ3n) is 3.09. The lowest BCUT2D eigenvalue weighted by molar-refractivity contribution is -0.274. The van der Waals surface area contributed by atoms with Crippen LogP contribution in [0.15, 0.2) is 24.4 Å². The second kappa shape index (κ2) is 8.23. The molecule has 0 unspecified atom stereocenters. The van der Waals surface area contributed by atoms with Gasteiger partial charge in [0.1, 0.15) is 5.75 Å². The topological polar surface area (TPSA) is 70.0 Å². The van der Waals surface area contributed by atoms with Crippen molar-refractivity contribution in [1.82, 2.24) is 4.98 Å². The van der Waals surface area contributed by atoms with Crippen LogP contribution in [-0.4, -0.2) is 30.6 Å². The first kappa shape index (κ1) is 22.4. The van der Waals surface area contributed by atoms with Gasteiger partial charge in [0.2, 0.25) is 0 Å². The Bertz CT molecular complexity index is 873. The molecule has 0 radical (unpaired) electrons. The highest BCUT2D eigenvalue weighted by molar-refractivity contribution is 6.41. The van der Waals surface area contributed by atoms with Gasteiger partial charge in [0.05, 0.1) is 13.3 Å². The van der Waals surface area contributed by atoms with E-state index in [1.165, 1.54) is 0 Å². The van der Waals surface area contributed by atoms with E-state index in [-0.39, 0.29) is 11.5 Å². The fourth-order valence-electron chi connectivity index (χ4n) is 2.05. The summed E-state index contributed by atoms with van der Waals surface area (Å²) in [6.07, 6.45) is -9.66. The van der Waals surface area contributed by atoms with Crippen LogP contribution in [0.3, 0.4) is 0 Å². The van der Waals surface area contributed by atoms with Crippen molar-refractivity contribution in [3.05, 3.63) is 35.9 Å². The molecule has 2 aromatic rings. The first-order chi connectivity index (χ1) is 13.3. The van der Waals surface area contributed by atoms with Gasteiger partial charge in [-0.05, 0) is 19.0 Å². The number of halogens is 7. The average molecular weight is 429 g/mol. The average Bonchev–Trinajstić information content (AvgIpc) is 2.56. The fourth-order valence-corrected chi connectivity index (χ4v) is 2.05. The first-order valence-electron chi connectivity index (χ1n) is 7.54. The second-order valence-corrected chi connectivity index (χ2v) is 5.29. The molecule has 0 spiro atoms. The summed E-state index contributed by atoms with van der Waals surface area (Å²) >= 11 is 0. The molecule has 0 aliphatic rings. The summed E-state index contributed by atoms with van der Waals surface area (Å²) < 4.78 is 108. The van der Waals surface area contributed by atoms with Crippen molar-refractivity contribution in [2.45, 2.75) is 19.4 Å². The monoisotopic (exact) mass is 429 g/mol. The van der Waals surface area contributed by atoms with Crippen LogP contribution in [0.25, 0.3) is 0 Å². The van der Waals surface area contributed by atoms with Crippen LogP contribution >= 0.6 is 0 Å². The number of rotatable bonds is 6.